The molecular formula is C14H12FNO4S. The number of benzene rings is 2. The summed E-state index contributed by atoms with van der Waals surface area (Å²) < 4.78 is 40.0. The highest BCUT2D eigenvalue weighted by molar-refractivity contribution is 7.92. The zero-order chi connectivity index (χ0) is 15.6. The average molecular weight is 309 g/mol. The van der Waals surface area contributed by atoms with Crippen LogP contribution in [0, 0.1) is 12.7 Å². The van der Waals surface area contributed by atoms with Gasteiger partial charge in [-0.25, -0.2) is 17.6 Å². The molecule has 0 unspecified atom stereocenters. The number of carbonyl (C=O) groups is 1. The lowest BCUT2D eigenvalue weighted by atomic mass is 10.2. The van der Waals surface area contributed by atoms with Gasteiger partial charge in [-0.05, 0) is 36.8 Å². The van der Waals surface area contributed by atoms with Gasteiger partial charge < -0.3 is 5.11 Å². The quantitative estimate of drug-likeness (QED) is 0.909. The van der Waals surface area contributed by atoms with Gasteiger partial charge in [-0.3, -0.25) is 4.72 Å². The molecular weight excluding hydrogens is 297 g/mol. The van der Waals surface area contributed by atoms with Crippen molar-refractivity contribution in [1.82, 2.24) is 0 Å². The summed E-state index contributed by atoms with van der Waals surface area (Å²) in [5.41, 5.74) is 0.0551. The first-order valence-corrected chi connectivity index (χ1v) is 7.41. The Kier molecular flexibility index (Phi) is 3.95. The van der Waals surface area contributed by atoms with Crippen LogP contribution >= 0.6 is 0 Å². The van der Waals surface area contributed by atoms with Gasteiger partial charge in [0.1, 0.15) is 5.82 Å². The van der Waals surface area contributed by atoms with Crippen LogP contribution in [0.2, 0.25) is 0 Å². The molecule has 2 rings (SSSR count). The number of hydrogen-bond acceptors (Lipinski definition) is 3. The number of hydrogen-bond donors (Lipinski definition) is 2. The van der Waals surface area contributed by atoms with Gasteiger partial charge in [-0.15, -0.1) is 0 Å². The number of halogens is 1. The van der Waals surface area contributed by atoms with Crippen molar-refractivity contribution in [2.24, 2.45) is 0 Å². The minimum Gasteiger partial charge on any atom is -0.478 e. The minimum absolute atomic E-state index is 0.0778. The Morgan fingerprint density at radius 3 is 2.48 bits per heavy atom. The van der Waals surface area contributed by atoms with Crippen LogP contribution in [0.25, 0.3) is 0 Å². The van der Waals surface area contributed by atoms with Crippen molar-refractivity contribution in [1.29, 1.82) is 0 Å². The van der Waals surface area contributed by atoms with E-state index in [-0.39, 0.29) is 16.1 Å². The Morgan fingerprint density at radius 2 is 1.86 bits per heavy atom. The lowest BCUT2D eigenvalue weighted by Gasteiger charge is -2.11. The maximum absolute atomic E-state index is 13.5. The highest BCUT2D eigenvalue weighted by atomic mass is 32.2. The van der Waals surface area contributed by atoms with Crippen molar-refractivity contribution < 1.29 is 22.7 Å². The molecule has 0 aliphatic heterocycles. The van der Waals surface area contributed by atoms with Crippen LogP contribution in [-0.4, -0.2) is 19.5 Å². The van der Waals surface area contributed by atoms with Crippen molar-refractivity contribution in [3.05, 3.63) is 59.4 Å². The SMILES string of the molecule is Cc1ccc(S(=O)(=O)Nc2ccccc2C(=O)O)cc1F. The van der Waals surface area contributed by atoms with E-state index >= 15 is 0 Å². The number of aromatic carboxylic acids is 1. The number of anilines is 1. The number of carboxylic acid groups (broad SMARTS) is 1. The van der Waals surface area contributed by atoms with E-state index in [1.54, 1.807) is 0 Å². The average Bonchev–Trinajstić information content (AvgIpc) is 2.41. The molecule has 2 aromatic rings. The molecule has 21 heavy (non-hydrogen) atoms. The summed E-state index contributed by atoms with van der Waals surface area (Å²) in [7, 11) is -4.06. The van der Waals surface area contributed by atoms with Gasteiger partial charge in [0.15, 0.2) is 0 Å². The predicted octanol–water partition coefficient (Wildman–Crippen LogP) is 2.63. The molecule has 0 bridgehead atoms. The summed E-state index contributed by atoms with van der Waals surface area (Å²) in [6.45, 7) is 1.51. The Labute approximate surface area is 121 Å². The number of rotatable bonds is 4. The van der Waals surface area contributed by atoms with E-state index in [1.807, 2.05) is 0 Å². The van der Waals surface area contributed by atoms with Crippen LogP contribution in [0.5, 0.6) is 0 Å². The first-order valence-electron chi connectivity index (χ1n) is 5.92. The maximum Gasteiger partial charge on any atom is 0.337 e. The Morgan fingerprint density at radius 1 is 1.19 bits per heavy atom. The van der Waals surface area contributed by atoms with Crippen molar-refractivity contribution in [2.75, 3.05) is 4.72 Å². The Hall–Kier alpha value is -2.41. The maximum atomic E-state index is 13.5. The fraction of sp³-hybridized carbons (Fsp3) is 0.0714. The normalized spacial score (nSPS) is 11.1. The summed E-state index contributed by atoms with van der Waals surface area (Å²) in [6.07, 6.45) is 0. The summed E-state index contributed by atoms with van der Waals surface area (Å²) in [5.74, 6) is -1.91. The number of nitrogens with one attached hydrogen (secondary N) is 1. The molecule has 0 fully saturated rings. The van der Waals surface area contributed by atoms with Gasteiger partial charge in [0, 0.05) is 0 Å². The van der Waals surface area contributed by atoms with E-state index in [4.69, 9.17) is 5.11 Å². The second kappa shape index (κ2) is 5.53. The molecule has 0 aromatic heterocycles. The third-order valence-electron chi connectivity index (χ3n) is 2.86. The van der Waals surface area contributed by atoms with Gasteiger partial charge in [0.25, 0.3) is 10.0 Å². The van der Waals surface area contributed by atoms with Crippen molar-refractivity contribution in [2.45, 2.75) is 11.8 Å². The fourth-order valence-corrected chi connectivity index (χ4v) is 2.79. The smallest absolute Gasteiger partial charge is 0.337 e. The van der Waals surface area contributed by atoms with Gasteiger partial charge in [0.05, 0.1) is 16.1 Å². The summed E-state index contributed by atoms with van der Waals surface area (Å²) in [4.78, 5) is 10.8. The fourth-order valence-electron chi connectivity index (χ4n) is 1.70. The van der Waals surface area contributed by atoms with E-state index in [2.05, 4.69) is 4.72 Å². The van der Waals surface area contributed by atoms with Crippen LogP contribution in [-0.2, 0) is 10.0 Å². The molecule has 0 aliphatic carbocycles. The van der Waals surface area contributed by atoms with Crippen molar-refractivity contribution >= 4 is 21.7 Å². The summed E-state index contributed by atoms with van der Waals surface area (Å²) in [5, 5.41) is 9.02. The second-order valence-corrected chi connectivity index (χ2v) is 6.05. The highest BCUT2D eigenvalue weighted by Gasteiger charge is 2.19. The molecule has 5 nitrogen and oxygen atoms in total. The van der Waals surface area contributed by atoms with Gasteiger partial charge in [0.2, 0.25) is 0 Å². The zero-order valence-corrected chi connectivity index (χ0v) is 11.8. The van der Waals surface area contributed by atoms with Gasteiger partial charge in [-0.1, -0.05) is 18.2 Å². The third kappa shape index (κ3) is 3.19. The molecule has 0 radical (unpaired) electrons. The molecule has 0 saturated heterocycles. The van der Waals surface area contributed by atoms with E-state index in [0.29, 0.717) is 5.56 Å². The number of aryl methyl sites for hydroxylation is 1. The molecule has 0 aliphatic rings. The molecule has 7 heteroatoms. The molecule has 0 atom stereocenters. The number of sulfonamides is 1. The molecule has 2 aromatic carbocycles. The first-order chi connectivity index (χ1) is 9.81. The number of para-hydroxylation sites is 1. The Balaban J connectivity index is 2.42. The molecule has 0 heterocycles. The minimum atomic E-state index is -4.06. The first kappa shape index (κ1) is 15.0. The van der Waals surface area contributed by atoms with Crippen LogP contribution < -0.4 is 4.72 Å². The number of carboxylic acids is 1. The van der Waals surface area contributed by atoms with Crippen LogP contribution in [0.3, 0.4) is 0 Å². The largest absolute Gasteiger partial charge is 0.478 e. The van der Waals surface area contributed by atoms with Gasteiger partial charge in [-0.2, -0.15) is 0 Å². The van der Waals surface area contributed by atoms with E-state index in [9.17, 15) is 17.6 Å². The summed E-state index contributed by atoms with van der Waals surface area (Å²) >= 11 is 0. The lowest BCUT2D eigenvalue weighted by molar-refractivity contribution is 0.0698. The molecule has 0 saturated carbocycles. The summed E-state index contributed by atoms with van der Waals surface area (Å²) in [6, 6.07) is 9.06. The highest BCUT2D eigenvalue weighted by Crippen LogP contribution is 2.21. The van der Waals surface area contributed by atoms with Gasteiger partial charge >= 0.3 is 5.97 Å². The topological polar surface area (TPSA) is 83.5 Å². The molecule has 2 N–H and O–H groups in total. The second-order valence-electron chi connectivity index (χ2n) is 4.37. The molecule has 110 valence electrons. The molecule has 0 spiro atoms. The predicted molar refractivity (Wildman–Crippen MR) is 75.3 cm³/mol. The molecule has 0 amide bonds. The van der Waals surface area contributed by atoms with Crippen LogP contribution in [0.15, 0.2) is 47.4 Å². The van der Waals surface area contributed by atoms with Crippen molar-refractivity contribution in [3.63, 3.8) is 0 Å². The van der Waals surface area contributed by atoms with Crippen molar-refractivity contribution in [3.8, 4) is 0 Å². The van der Waals surface area contributed by atoms with E-state index in [1.165, 1.54) is 43.3 Å². The van der Waals surface area contributed by atoms with E-state index < -0.39 is 21.8 Å². The lowest BCUT2D eigenvalue weighted by Crippen LogP contribution is -2.15. The standard InChI is InChI=1S/C14H12FNO4S/c1-9-6-7-10(8-12(9)15)21(19,20)16-13-5-3-2-4-11(13)14(17)18/h2-8,16H,1H3,(H,17,18). The zero-order valence-electron chi connectivity index (χ0n) is 11.0. The van der Waals surface area contributed by atoms with E-state index in [0.717, 1.165) is 6.07 Å². The Bertz CT molecular complexity index is 802. The third-order valence-corrected chi connectivity index (χ3v) is 4.22. The monoisotopic (exact) mass is 309 g/mol. The van der Waals surface area contributed by atoms with Crippen LogP contribution in [0.1, 0.15) is 15.9 Å². The van der Waals surface area contributed by atoms with Crippen LogP contribution in [0.4, 0.5) is 10.1 Å².